The van der Waals surface area contributed by atoms with Gasteiger partial charge in [0.15, 0.2) is 0 Å². The third-order valence-electron chi connectivity index (χ3n) is 2.20. The highest BCUT2D eigenvalue weighted by atomic mass is 15.2. The van der Waals surface area contributed by atoms with Crippen molar-refractivity contribution in [2.75, 3.05) is 18.8 Å². The maximum absolute atomic E-state index is 5.48. The summed E-state index contributed by atoms with van der Waals surface area (Å²) in [5.41, 5.74) is 6.73. The van der Waals surface area contributed by atoms with Crippen LogP contribution >= 0.6 is 0 Å². The summed E-state index contributed by atoms with van der Waals surface area (Å²) in [4.78, 5) is 6.44. The van der Waals surface area contributed by atoms with Crippen molar-refractivity contribution in [3.63, 3.8) is 0 Å². The van der Waals surface area contributed by atoms with Crippen LogP contribution in [-0.4, -0.2) is 23.0 Å². The van der Waals surface area contributed by atoms with Crippen molar-refractivity contribution < 1.29 is 0 Å². The van der Waals surface area contributed by atoms with Gasteiger partial charge in [0.05, 0.1) is 0 Å². The minimum Gasteiger partial charge on any atom is -0.384 e. The molecule has 0 radical (unpaired) electrons. The van der Waals surface area contributed by atoms with E-state index in [2.05, 4.69) is 9.88 Å². The molecule has 0 amide bonds. The third kappa shape index (κ3) is 1.56. The van der Waals surface area contributed by atoms with Gasteiger partial charge in [0.2, 0.25) is 0 Å². The molecule has 0 spiro atoms. The molecule has 0 atom stereocenters. The molecule has 2 N–H and O–H groups in total. The predicted molar refractivity (Wildman–Crippen MR) is 48.5 cm³/mol. The first-order valence-corrected chi connectivity index (χ1v) is 4.27. The third-order valence-corrected chi connectivity index (χ3v) is 2.20. The number of nitrogen functional groups attached to an aromatic ring is 1. The van der Waals surface area contributed by atoms with Crippen LogP contribution in [0.4, 0.5) is 5.82 Å². The van der Waals surface area contributed by atoms with Crippen molar-refractivity contribution in [1.82, 2.24) is 9.88 Å². The van der Waals surface area contributed by atoms with Crippen LogP contribution in [0.5, 0.6) is 0 Å². The molecule has 1 aliphatic rings. The minimum absolute atomic E-state index is 0.599. The van der Waals surface area contributed by atoms with Crippen LogP contribution in [0.25, 0.3) is 0 Å². The molecule has 1 saturated heterocycles. The first-order chi connectivity index (χ1) is 5.84. The van der Waals surface area contributed by atoms with E-state index in [0.717, 1.165) is 6.54 Å². The van der Waals surface area contributed by atoms with Gasteiger partial charge in [-0.15, -0.1) is 0 Å². The van der Waals surface area contributed by atoms with Crippen LogP contribution in [0.1, 0.15) is 12.0 Å². The van der Waals surface area contributed by atoms with E-state index < -0.39 is 0 Å². The summed E-state index contributed by atoms with van der Waals surface area (Å²) in [6.45, 7) is 3.47. The Kier molecular flexibility index (Phi) is 1.96. The highest BCUT2D eigenvalue weighted by Gasteiger charge is 2.13. The van der Waals surface area contributed by atoms with Gasteiger partial charge in [-0.05, 0) is 31.1 Å². The maximum Gasteiger partial charge on any atom is 0.123 e. The zero-order valence-electron chi connectivity index (χ0n) is 7.03. The molecule has 1 aromatic rings. The van der Waals surface area contributed by atoms with Crippen molar-refractivity contribution in [3.8, 4) is 0 Å². The molecular formula is C9H13N3. The number of nitrogens with two attached hydrogens (primary N) is 1. The summed E-state index contributed by atoms with van der Waals surface area (Å²) in [5, 5.41) is 0. The number of nitrogens with zero attached hydrogens (tertiary/aromatic N) is 2. The smallest absolute Gasteiger partial charge is 0.123 e. The van der Waals surface area contributed by atoms with Crippen molar-refractivity contribution in [1.29, 1.82) is 0 Å². The van der Waals surface area contributed by atoms with Crippen LogP contribution in [0.3, 0.4) is 0 Å². The summed E-state index contributed by atoms with van der Waals surface area (Å²) < 4.78 is 0. The molecule has 1 aliphatic heterocycles. The molecule has 2 rings (SSSR count). The van der Waals surface area contributed by atoms with Gasteiger partial charge < -0.3 is 5.73 Å². The summed E-state index contributed by atoms with van der Waals surface area (Å²) in [5.74, 6) is 0.599. The second-order valence-corrected chi connectivity index (χ2v) is 3.22. The summed E-state index contributed by atoms with van der Waals surface area (Å²) in [6, 6.07) is 3.90. The van der Waals surface area contributed by atoms with E-state index in [0.29, 0.717) is 5.82 Å². The Labute approximate surface area is 72.2 Å². The average Bonchev–Trinajstić information content (AvgIpc) is 2.00. The first-order valence-electron chi connectivity index (χ1n) is 4.27. The molecule has 2 heterocycles. The fraction of sp³-hybridized carbons (Fsp3) is 0.444. The summed E-state index contributed by atoms with van der Waals surface area (Å²) in [6.07, 6.45) is 3.19. The molecule has 0 saturated carbocycles. The fourth-order valence-corrected chi connectivity index (χ4v) is 1.33. The van der Waals surface area contributed by atoms with E-state index in [-0.39, 0.29) is 0 Å². The van der Waals surface area contributed by atoms with Crippen molar-refractivity contribution >= 4 is 5.82 Å². The number of anilines is 1. The van der Waals surface area contributed by atoms with E-state index in [1.165, 1.54) is 25.1 Å². The number of likely N-dealkylation sites (tertiary alicyclic amines) is 1. The number of hydrogen-bond acceptors (Lipinski definition) is 3. The number of aromatic nitrogens is 1. The van der Waals surface area contributed by atoms with Crippen molar-refractivity contribution in [3.05, 3.63) is 23.9 Å². The van der Waals surface area contributed by atoms with Gasteiger partial charge in [-0.25, -0.2) is 4.98 Å². The molecule has 3 nitrogen and oxygen atoms in total. The van der Waals surface area contributed by atoms with Crippen LogP contribution in [0, 0.1) is 0 Å². The highest BCUT2D eigenvalue weighted by molar-refractivity contribution is 5.29. The molecule has 0 aliphatic carbocycles. The molecule has 12 heavy (non-hydrogen) atoms. The van der Waals surface area contributed by atoms with Gasteiger partial charge in [-0.3, -0.25) is 4.90 Å². The molecule has 64 valence electrons. The van der Waals surface area contributed by atoms with Gasteiger partial charge >= 0.3 is 0 Å². The van der Waals surface area contributed by atoms with Gasteiger partial charge in [0.1, 0.15) is 5.82 Å². The Morgan fingerprint density at radius 3 is 2.75 bits per heavy atom. The zero-order valence-corrected chi connectivity index (χ0v) is 7.03. The highest BCUT2D eigenvalue weighted by Crippen LogP contribution is 2.11. The molecular weight excluding hydrogens is 150 g/mol. The van der Waals surface area contributed by atoms with Crippen molar-refractivity contribution in [2.24, 2.45) is 0 Å². The lowest BCUT2D eigenvalue weighted by Gasteiger charge is -2.30. The van der Waals surface area contributed by atoms with Gasteiger partial charge in [0, 0.05) is 12.7 Å². The molecule has 0 bridgehead atoms. The Balaban J connectivity index is 1.98. The van der Waals surface area contributed by atoms with E-state index in [9.17, 15) is 0 Å². The van der Waals surface area contributed by atoms with E-state index in [4.69, 9.17) is 5.73 Å². The van der Waals surface area contributed by atoms with Gasteiger partial charge in [-0.1, -0.05) is 6.07 Å². The summed E-state index contributed by atoms with van der Waals surface area (Å²) in [7, 11) is 0. The second kappa shape index (κ2) is 3.11. The molecule has 0 aromatic carbocycles. The Morgan fingerprint density at radius 1 is 1.42 bits per heavy atom. The van der Waals surface area contributed by atoms with Crippen LogP contribution in [0.15, 0.2) is 18.3 Å². The molecule has 0 unspecified atom stereocenters. The maximum atomic E-state index is 5.48. The largest absolute Gasteiger partial charge is 0.384 e. The SMILES string of the molecule is Nc1ccc(CN2CCC2)cn1. The van der Waals surface area contributed by atoms with E-state index >= 15 is 0 Å². The number of pyridine rings is 1. The first kappa shape index (κ1) is 7.55. The second-order valence-electron chi connectivity index (χ2n) is 3.22. The lowest BCUT2D eigenvalue weighted by molar-refractivity contribution is 0.172. The lowest BCUT2D eigenvalue weighted by atomic mass is 10.2. The normalized spacial score (nSPS) is 17.3. The Morgan fingerprint density at radius 2 is 2.25 bits per heavy atom. The minimum atomic E-state index is 0.599. The van der Waals surface area contributed by atoms with Crippen LogP contribution in [-0.2, 0) is 6.54 Å². The van der Waals surface area contributed by atoms with Gasteiger partial charge in [-0.2, -0.15) is 0 Å². The lowest BCUT2D eigenvalue weighted by Crippen LogP contribution is -2.36. The number of rotatable bonds is 2. The monoisotopic (exact) mass is 163 g/mol. The van der Waals surface area contributed by atoms with Gasteiger partial charge in [0.25, 0.3) is 0 Å². The summed E-state index contributed by atoms with van der Waals surface area (Å²) >= 11 is 0. The topological polar surface area (TPSA) is 42.1 Å². The Bertz CT molecular complexity index is 251. The molecule has 1 aromatic heterocycles. The average molecular weight is 163 g/mol. The van der Waals surface area contributed by atoms with E-state index in [1.807, 2.05) is 18.3 Å². The van der Waals surface area contributed by atoms with Crippen LogP contribution < -0.4 is 5.73 Å². The molecule has 1 fully saturated rings. The Hall–Kier alpha value is -1.09. The van der Waals surface area contributed by atoms with Crippen LogP contribution in [0.2, 0.25) is 0 Å². The van der Waals surface area contributed by atoms with Crippen molar-refractivity contribution in [2.45, 2.75) is 13.0 Å². The molecule has 3 heteroatoms. The standard InChI is InChI=1S/C9H13N3/c10-9-3-2-8(6-11-9)7-12-4-1-5-12/h2-3,6H,1,4-5,7H2,(H2,10,11). The van der Waals surface area contributed by atoms with E-state index in [1.54, 1.807) is 0 Å². The predicted octanol–water partition coefficient (Wildman–Crippen LogP) is 0.869. The number of hydrogen-bond donors (Lipinski definition) is 1. The quantitative estimate of drug-likeness (QED) is 0.703. The zero-order chi connectivity index (χ0) is 8.39. The fourth-order valence-electron chi connectivity index (χ4n) is 1.33.